The zero-order valence-corrected chi connectivity index (χ0v) is 13.6. The fourth-order valence-corrected chi connectivity index (χ4v) is 3.00. The fourth-order valence-electron chi connectivity index (χ4n) is 3.00. The molecule has 3 heteroatoms. The molecule has 1 atom stereocenters. The van der Waals surface area contributed by atoms with Crippen LogP contribution >= 0.6 is 0 Å². The number of piperazine rings is 1. The average molecular weight is 285 g/mol. The Morgan fingerprint density at radius 1 is 1.14 bits per heavy atom. The van der Waals surface area contributed by atoms with Crippen LogP contribution in [0.5, 0.6) is 0 Å². The fraction of sp³-hybridized carbons (Fsp3) is 0.611. The molecule has 0 N–H and O–H groups in total. The van der Waals surface area contributed by atoms with Gasteiger partial charge in [0, 0.05) is 32.7 Å². The highest BCUT2D eigenvalue weighted by atomic mass is 15.3. The smallest absolute Gasteiger partial charge is 0.0978 e. The van der Waals surface area contributed by atoms with E-state index in [-0.39, 0.29) is 6.04 Å². The van der Waals surface area contributed by atoms with Gasteiger partial charge in [-0.1, -0.05) is 31.5 Å². The van der Waals surface area contributed by atoms with Crippen LogP contribution in [-0.2, 0) is 6.54 Å². The molecule has 0 amide bonds. The van der Waals surface area contributed by atoms with Gasteiger partial charge in [-0.25, -0.2) is 0 Å². The third-order valence-electron chi connectivity index (χ3n) is 4.54. The summed E-state index contributed by atoms with van der Waals surface area (Å²) in [5.41, 5.74) is 4.13. The topological polar surface area (TPSA) is 30.3 Å². The first-order chi connectivity index (χ1) is 10.1. The van der Waals surface area contributed by atoms with Gasteiger partial charge in [0.25, 0.3) is 0 Å². The van der Waals surface area contributed by atoms with Crippen LogP contribution in [0, 0.1) is 25.2 Å². The molecule has 0 aliphatic carbocycles. The van der Waals surface area contributed by atoms with Gasteiger partial charge in [0.1, 0.15) is 0 Å². The number of hydrogen-bond acceptors (Lipinski definition) is 3. The molecule has 0 aromatic heterocycles. The number of rotatable bonds is 5. The van der Waals surface area contributed by atoms with Gasteiger partial charge >= 0.3 is 0 Å². The van der Waals surface area contributed by atoms with Crippen molar-refractivity contribution in [3.63, 3.8) is 0 Å². The van der Waals surface area contributed by atoms with E-state index in [0.717, 1.165) is 45.6 Å². The Hall–Kier alpha value is -1.37. The maximum Gasteiger partial charge on any atom is 0.0978 e. The molecule has 1 aliphatic heterocycles. The van der Waals surface area contributed by atoms with Crippen molar-refractivity contribution in [1.82, 2.24) is 9.80 Å². The van der Waals surface area contributed by atoms with E-state index in [9.17, 15) is 5.26 Å². The van der Waals surface area contributed by atoms with Gasteiger partial charge in [-0.05, 0) is 37.0 Å². The third-order valence-corrected chi connectivity index (χ3v) is 4.54. The summed E-state index contributed by atoms with van der Waals surface area (Å²) >= 11 is 0. The SMILES string of the molecule is CCCC(C#N)N1CCN(Cc2ccc(C)c(C)c2)CC1. The van der Waals surface area contributed by atoms with Crippen molar-refractivity contribution in [2.75, 3.05) is 26.2 Å². The van der Waals surface area contributed by atoms with E-state index in [4.69, 9.17) is 0 Å². The van der Waals surface area contributed by atoms with Gasteiger partial charge in [-0.3, -0.25) is 9.80 Å². The van der Waals surface area contributed by atoms with E-state index in [1.165, 1.54) is 16.7 Å². The highest BCUT2D eigenvalue weighted by Crippen LogP contribution is 2.15. The highest BCUT2D eigenvalue weighted by molar-refractivity contribution is 5.29. The molecule has 1 aliphatic rings. The van der Waals surface area contributed by atoms with Gasteiger partial charge in [-0.15, -0.1) is 0 Å². The number of nitrogens with zero attached hydrogens (tertiary/aromatic N) is 3. The first-order valence-corrected chi connectivity index (χ1v) is 8.06. The minimum absolute atomic E-state index is 0.110. The molecule has 1 unspecified atom stereocenters. The summed E-state index contributed by atoms with van der Waals surface area (Å²) in [5, 5.41) is 9.26. The molecule has 1 fully saturated rings. The molecular weight excluding hydrogens is 258 g/mol. The molecule has 0 radical (unpaired) electrons. The quantitative estimate of drug-likeness (QED) is 0.832. The van der Waals surface area contributed by atoms with Crippen LogP contribution in [0.1, 0.15) is 36.5 Å². The lowest BCUT2D eigenvalue weighted by molar-refractivity contribution is 0.106. The second kappa shape index (κ2) is 7.59. The number of hydrogen-bond donors (Lipinski definition) is 0. The Balaban J connectivity index is 1.86. The lowest BCUT2D eigenvalue weighted by Crippen LogP contribution is -2.49. The largest absolute Gasteiger partial charge is 0.297 e. The maximum atomic E-state index is 9.26. The predicted molar refractivity (Wildman–Crippen MR) is 87.1 cm³/mol. The van der Waals surface area contributed by atoms with Crippen molar-refractivity contribution in [3.05, 3.63) is 34.9 Å². The normalized spacial score (nSPS) is 18.4. The molecule has 0 spiro atoms. The van der Waals surface area contributed by atoms with Gasteiger partial charge in [0.15, 0.2) is 0 Å². The molecule has 3 nitrogen and oxygen atoms in total. The number of nitriles is 1. The third kappa shape index (κ3) is 4.30. The Kier molecular flexibility index (Phi) is 5.78. The van der Waals surface area contributed by atoms with Crippen molar-refractivity contribution >= 4 is 0 Å². The monoisotopic (exact) mass is 285 g/mol. The molecule has 0 bridgehead atoms. The number of benzene rings is 1. The Morgan fingerprint density at radius 3 is 2.43 bits per heavy atom. The van der Waals surface area contributed by atoms with Gasteiger partial charge in [0.2, 0.25) is 0 Å². The lowest BCUT2D eigenvalue weighted by atomic mass is 10.1. The van der Waals surface area contributed by atoms with Gasteiger partial charge in [-0.2, -0.15) is 5.26 Å². The highest BCUT2D eigenvalue weighted by Gasteiger charge is 2.22. The minimum Gasteiger partial charge on any atom is -0.297 e. The molecule has 114 valence electrons. The van der Waals surface area contributed by atoms with E-state index in [0.29, 0.717) is 0 Å². The molecular formula is C18H27N3. The van der Waals surface area contributed by atoms with Crippen LogP contribution in [0.25, 0.3) is 0 Å². The minimum atomic E-state index is 0.110. The Bertz CT molecular complexity index is 496. The predicted octanol–water partition coefficient (Wildman–Crippen LogP) is 3.11. The Labute approximate surface area is 129 Å². The summed E-state index contributed by atoms with van der Waals surface area (Å²) in [5.74, 6) is 0. The van der Waals surface area contributed by atoms with E-state index < -0.39 is 0 Å². The van der Waals surface area contributed by atoms with Crippen LogP contribution in [-0.4, -0.2) is 42.0 Å². The van der Waals surface area contributed by atoms with Gasteiger partial charge < -0.3 is 0 Å². The molecule has 2 rings (SSSR count). The van der Waals surface area contributed by atoms with E-state index in [1.807, 2.05) is 0 Å². The standard InChI is InChI=1S/C18H27N3/c1-4-5-18(13-19)21-10-8-20(9-11-21)14-17-7-6-15(2)16(3)12-17/h6-7,12,18H,4-5,8-11,14H2,1-3H3. The summed E-state index contributed by atoms with van der Waals surface area (Å²) in [6.07, 6.45) is 2.08. The molecule has 1 heterocycles. The Morgan fingerprint density at radius 2 is 1.86 bits per heavy atom. The van der Waals surface area contributed by atoms with Crippen LogP contribution in [0.4, 0.5) is 0 Å². The summed E-state index contributed by atoms with van der Waals surface area (Å²) in [6.45, 7) is 11.7. The van der Waals surface area contributed by atoms with E-state index in [1.54, 1.807) is 0 Å². The second-order valence-electron chi connectivity index (χ2n) is 6.16. The molecule has 1 aromatic rings. The van der Waals surface area contributed by atoms with Crippen LogP contribution < -0.4 is 0 Å². The second-order valence-corrected chi connectivity index (χ2v) is 6.16. The van der Waals surface area contributed by atoms with Crippen LogP contribution in [0.3, 0.4) is 0 Å². The van der Waals surface area contributed by atoms with E-state index in [2.05, 4.69) is 54.8 Å². The van der Waals surface area contributed by atoms with E-state index >= 15 is 0 Å². The zero-order valence-electron chi connectivity index (χ0n) is 13.6. The summed E-state index contributed by atoms with van der Waals surface area (Å²) in [4.78, 5) is 4.85. The molecule has 0 saturated carbocycles. The van der Waals surface area contributed by atoms with Crippen molar-refractivity contribution in [2.24, 2.45) is 0 Å². The summed E-state index contributed by atoms with van der Waals surface area (Å²) in [7, 11) is 0. The lowest BCUT2D eigenvalue weighted by Gasteiger charge is -2.37. The van der Waals surface area contributed by atoms with Crippen LogP contribution in [0.15, 0.2) is 18.2 Å². The maximum absolute atomic E-state index is 9.26. The van der Waals surface area contributed by atoms with Crippen molar-refractivity contribution < 1.29 is 0 Å². The summed E-state index contributed by atoms with van der Waals surface area (Å²) < 4.78 is 0. The molecule has 1 aromatic carbocycles. The summed E-state index contributed by atoms with van der Waals surface area (Å²) in [6, 6.07) is 9.33. The van der Waals surface area contributed by atoms with Crippen molar-refractivity contribution in [3.8, 4) is 6.07 Å². The molecule has 1 saturated heterocycles. The first kappa shape index (κ1) is 16.0. The van der Waals surface area contributed by atoms with Crippen molar-refractivity contribution in [2.45, 2.75) is 46.2 Å². The number of aryl methyl sites for hydroxylation is 2. The van der Waals surface area contributed by atoms with Gasteiger partial charge in [0.05, 0.1) is 12.1 Å². The molecule has 21 heavy (non-hydrogen) atoms. The first-order valence-electron chi connectivity index (χ1n) is 8.06. The van der Waals surface area contributed by atoms with Crippen molar-refractivity contribution in [1.29, 1.82) is 5.26 Å². The average Bonchev–Trinajstić information content (AvgIpc) is 2.49. The zero-order chi connectivity index (χ0) is 15.2. The van der Waals surface area contributed by atoms with Crippen LogP contribution in [0.2, 0.25) is 0 Å².